The second-order valence-electron chi connectivity index (χ2n) is 5.41. The Morgan fingerprint density at radius 3 is 3.05 bits per heavy atom. The molecule has 2 aromatic heterocycles. The molecule has 0 radical (unpaired) electrons. The van der Waals surface area contributed by atoms with Crippen molar-refractivity contribution in [3.63, 3.8) is 0 Å². The fourth-order valence-corrected chi connectivity index (χ4v) is 3.00. The Kier molecular flexibility index (Phi) is 4.28. The van der Waals surface area contributed by atoms with Crippen molar-refractivity contribution in [2.75, 3.05) is 19.8 Å². The van der Waals surface area contributed by atoms with Crippen molar-refractivity contribution < 1.29 is 4.74 Å². The van der Waals surface area contributed by atoms with Gasteiger partial charge in [0.15, 0.2) is 0 Å². The van der Waals surface area contributed by atoms with Crippen LogP contribution in [0.5, 0.6) is 0 Å². The Morgan fingerprint density at radius 2 is 2.25 bits per heavy atom. The van der Waals surface area contributed by atoms with Gasteiger partial charge in [0.05, 0.1) is 17.9 Å². The third-order valence-corrected chi connectivity index (χ3v) is 4.09. The third kappa shape index (κ3) is 2.83. The van der Waals surface area contributed by atoms with Crippen molar-refractivity contribution in [2.45, 2.75) is 32.2 Å². The number of hydrogen-bond acceptors (Lipinski definition) is 4. The van der Waals surface area contributed by atoms with E-state index in [1.165, 1.54) is 18.4 Å². The van der Waals surface area contributed by atoms with E-state index in [4.69, 9.17) is 4.74 Å². The standard InChI is InChI=1S/C15H22N4O/c1-2-17-14(9-12-3-7-20-8-4-12)13-10-18-19-6-5-16-11-15(13)19/h5-6,10-12,14,17H,2-4,7-9H2,1H3. The fourth-order valence-electron chi connectivity index (χ4n) is 3.00. The first kappa shape index (κ1) is 13.5. The van der Waals surface area contributed by atoms with Gasteiger partial charge in [-0.05, 0) is 31.7 Å². The number of rotatable bonds is 5. The molecule has 1 aliphatic heterocycles. The highest BCUT2D eigenvalue weighted by Crippen LogP contribution is 2.29. The van der Waals surface area contributed by atoms with E-state index in [0.717, 1.165) is 37.6 Å². The van der Waals surface area contributed by atoms with E-state index >= 15 is 0 Å². The lowest BCUT2D eigenvalue weighted by molar-refractivity contribution is 0.0606. The molecular weight excluding hydrogens is 252 g/mol. The Bertz CT molecular complexity index is 548. The zero-order chi connectivity index (χ0) is 13.8. The van der Waals surface area contributed by atoms with Crippen LogP contribution in [0, 0.1) is 5.92 Å². The molecule has 1 saturated heterocycles. The van der Waals surface area contributed by atoms with E-state index in [2.05, 4.69) is 22.3 Å². The molecule has 0 aliphatic carbocycles. The largest absolute Gasteiger partial charge is 0.381 e. The van der Waals surface area contributed by atoms with Gasteiger partial charge in [-0.15, -0.1) is 0 Å². The number of ether oxygens (including phenoxy) is 1. The summed E-state index contributed by atoms with van der Waals surface area (Å²) in [4.78, 5) is 4.23. The molecule has 0 saturated carbocycles. The number of aromatic nitrogens is 3. The van der Waals surface area contributed by atoms with Crippen LogP contribution >= 0.6 is 0 Å². The minimum Gasteiger partial charge on any atom is -0.381 e. The lowest BCUT2D eigenvalue weighted by atomic mass is 9.90. The molecule has 0 amide bonds. The molecule has 20 heavy (non-hydrogen) atoms. The zero-order valence-corrected chi connectivity index (χ0v) is 12.0. The van der Waals surface area contributed by atoms with Gasteiger partial charge < -0.3 is 10.1 Å². The van der Waals surface area contributed by atoms with Gasteiger partial charge in [0.25, 0.3) is 0 Å². The van der Waals surface area contributed by atoms with Gasteiger partial charge in [-0.3, -0.25) is 4.98 Å². The first-order valence-electron chi connectivity index (χ1n) is 7.47. The van der Waals surface area contributed by atoms with Gasteiger partial charge in [-0.1, -0.05) is 6.92 Å². The van der Waals surface area contributed by atoms with Crippen molar-refractivity contribution in [1.82, 2.24) is 19.9 Å². The van der Waals surface area contributed by atoms with Gasteiger partial charge in [0.1, 0.15) is 0 Å². The lowest BCUT2D eigenvalue weighted by Crippen LogP contribution is -2.26. The summed E-state index contributed by atoms with van der Waals surface area (Å²) < 4.78 is 7.35. The predicted molar refractivity (Wildman–Crippen MR) is 77.6 cm³/mol. The molecule has 0 spiro atoms. The van der Waals surface area contributed by atoms with Crippen LogP contribution in [0.25, 0.3) is 5.52 Å². The smallest absolute Gasteiger partial charge is 0.0892 e. The average molecular weight is 274 g/mol. The quantitative estimate of drug-likeness (QED) is 0.908. The van der Waals surface area contributed by atoms with E-state index in [0.29, 0.717) is 6.04 Å². The fraction of sp³-hybridized carbons (Fsp3) is 0.600. The molecule has 1 unspecified atom stereocenters. The maximum absolute atomic E-state index is 5.46. The Balaban J connectivity index is 1.81. The zero-order valence-electron chi connectivity index (χ0n) is 12.0. The minimum atomic E-state index is 0.352. The van der Waals surface area contributed by atoms with Crippen LogP contribution in [0.4, 0.5) is 0 Å². The summed E-state index contributed by atoms with van der Waals surface area (Å²) in [7, 11) is 0. The SMILES string of the molecule is CCNC(CC1CCOCC1)c1cnn2ccncc12. The molecule has 1 N–H and O–H groups in total. The average Bonchev–Trinajstić information content (AvgIpc) is 2.92. The monoisotopic (exact) mass is 274 g/mol. The van der Waals surface area contributed by atoms with Crippen LogP contribution in [-0.4, -0.2) is 34.4 Å². The van der Waals surface area contributed by atoms with E-state index in [-0.39, 0.29) is 0 Å². The van der Waals surface area contributed by atoms with Gasteiger partial charge in [0.2, 0.25) is 0 Å². The number of fused-ring (bicyclic) bond motifs is 1. The van der Waals surface area contributed by atoms with Crippen molar-refractivity contribution in [3.05, 3.63) is 30.4 Å². The number of nitrogens with one attached hydrogen (secondary N) is 1. The normalized spacial score (nSPS) is 18.4. The molecule has 2 aromatic rings. The van der Waals surface area contributed by atoms with E-state index < -0.39 is 0 Å². The van der Waals surface area contributed by atoms with Crippen LogP contribution in [0.1, 0.15) is 37.8 Å². The highest BCUT2D eigenvalue weighted by Gasteiger charge is 2.22. The summed E-state index contributed by atoms with van der Waals surface area (Å²) >= 11 is 0. The maximum Gasteiger partial charge on any atom is 0.0892 e. The van der Waals surface area contributed by atoms with Crippen LogP contribution in [-0.2, 0) is 4.74 Å². The lowest BCUT2D eigenvalue weighted by Gasteiger charge is -2.26. The van der Waals surface area contributed by atoms with Gasteiger partial charge in [-0.2, -0.15) is 5.10 Å². The molecule has 3 heterocycles. The second-order valence-corrected chi connectivity index (χ2v) is 5.41. The van der Waals surface area contributed by atoms with Crippen LogP contribution in [0.2, 0.25) is 0 Å². The third-order valence-electron chi connectivity index (χ3n) is 4.09. The second kappa shape index (κ2) is 6.33. The molecule has 1 fully saturated rings. The van der Waals surface area contributed by atoms with Crippen molar-refractivity contribution in [3.8, 4) is 0 Å². The Hall–Kier alpha value is -1.46. The van der Waals surface area contributed by atoms with Crippen LogP contribution in [0.15, 0.2) is 24.8 Å². The minimum absolute atomic E-state index is 0.352. The van der Waals surface area contributed by atoms with E-state index in [9.17, 15) is 0 Å². The van der Waals surface area contributed by atoms with Gasteiger partial charge in [-0.25, -0.2) is 4.52 Å². The molecule has 3 rings (SSSR count). The molecular formula is C15H22N4O. The summed E-state index contributed by atoms with van der Waals surface area (Å²) in [5, 5.41) is 8.03. The highest BCUT2D eigenvalue weighted by molar-refractivity contribution is 5.53. The Morgan fingerprint density at radius 1 is 1.40 bits per heavy atom. The predicted octanol–water partition coefficient (Wildman–Crippen LogP) is 2.20. The molecule has 0 aromatic carbocycles. The maximum atomic E-state index is 5.46. The molecule has 5 nitrogen and oxygen atoms in total. The van der Waals surface area contributed by atoms with Crippen molar-refractivity contribution >= 4 is 5.52 Å². The topological polar surface area (TPSA) is 51.5 Å². The summed E-state index contributed by atoms with van der Waals surface area (Å²) in [6.07, 6.45) is 11.0. The van der Waals surface area contributed by atoms with Gasteiger partial charge in [0, 0.05) is 37.2 Å². The van der Waals surface area contributed by atoms with Crippen LogP contribution in [0.3, 0.4) is 0 Å². The van der Waals surface area contributed by atoms with E-state index in [1.54, 1.807) is 6.20 Å². The van der Waals surface area contributed by atoms with Crippen LogP contribution < -0.4 is 5.32 Å². The van der Waals surface area contributed by atoms with E-state index in [1.807, 2.05) is 23.1 Å². The number of hydrogen-bond donors (Lipinski definition) is 1. The summed E-state index contributed by atoms with van der Waals surface area (Å²) in [5.41, 5.74) is 2.36. The van der Waals surface area contributed by atoms with Gasteiger partial charge >= 0.3 is 0 Å². The molecule has 1 atom stereocenters. The summed E-state index contributed by atoms with van der Waals surface area (Å²) in [5.74, 6) is 0.736. The molecule has 108 valence electrons. The first-order valence-corrected chi connectivity index (χ1v) is 7.47. The summed E-state index contributed by atoms with van der Waals surface area (Å²) in [6, 6.07) is 0.352. The highest BCUT2D eigenvalue weighted by atomic mass is 16.5. The van der Waals surface area contributed by atoms with Crippen molar-refractivity contribution in [2.24, 2.45) is 5.92 Å². The summed E-state index contributed by atoms with van der Waals surface area (Å²) in [6.45, 7) is 4.92. The number of nitrogens with zero attached hydrogens (tertiary/aromatic N) is 3. The molecule has 0 bridgehead atoms. The molecule has 1 aliphatic rings. The van der Waals surface area contributed by atoms with Crippen molar-refractivity contribution in [1.29, 1.82) is 0 Å². The Labute approximate surface area is 119 Å². The first-order chi connectivity index (χ1) is 9.88. The molecule has 5 heteroatoms.